The molecule has 0 spiro atoms. The minimum absolute atomic E-state index is 0.789. The molecular formula is C13H20N2O. The third-order valence-electron chi connectivity index (χ3n) is 3.09. The summed E-state index contributed by atoms with van der Waals surface area (Å²) in [5, 5.41) is 0. The first-order valence-corrected chi connectivity index (χ1v) is 6.03. The van der Waals surface area contributed by atoms with Gasteiger partial charge in [0.15, 0.2) is 0 Å². The number of hydrogen-bond donors (Lipinski definition) is 1. The smallest absolute Gasteiger partial charge is 0.0641 e. The number of rotatable bonds is 4. The number of ether oxygens (including phenoxy) is 1. The molecule has 0 aliphatic carbocycles. The predicted molar refractivity (Wildman–Crippen MR) is 67.9 cm³/mol. The first-order chi connectivity index (χ1) is 7.83. The maximum Gasteiger partial charge on any atom is 0.0641 e. The van der Waals surface area contributed by atoms with Gasteiger partial charge in [-0.15, -0.1) is 0 Å². The van der Waals surface area contributed by atoms with Crippen LogP contribution in [-0.4, -0.2) is 26.3 Å². The molecule has 0 amide bonds. The van der Waals surface area contributed by atoms with Gasteiger partial charge in [0.1, 0.15) is 0 Å². The van der Waals surface area contributed by atoms with Gasteiger partial charge in [0, 0.05) is 31.1 Å². The Morgan fingerprint density at radius 3 is 3.12 bits per heavy atom. The lowest BCUT2D eigenvalue weighted by Crippen LogP contribution is -2.32. The van der Waals surface area contributed by atoms with Crippen LogP contribution in [0.1, 0.15) is 18.9 Å². The number of nitrogens with two attached hydrogens (primary N) is 1. The highest BCUT2D eigenvalue weighted by atomic mass is 16.5. The van der Waals surface area contributed by atoms with Gasteiger partial charge in [-0.05, 0) is 37.5 Å². The number of anilines is 2. The lowest BCUT2D eigenvalue weighted by Gasteiger charge is -2.31. The molecule has 1 aliphatic rings. The zero-order chi connectivity index (χ0) is 11.4. The zero-order valence-corrected chi connectivity index (χ0v) is 9.91. The summed E-state index contributed by atoms with van der Waals surface area (Å²) in [5.74, 6) is 0. The van der Waals surface area contributed by atoms with E-state index in [0.717, 1.165) is 38.4 Å². The molecule has 2 rings (SSSR count). The van der Waals surface area contributed by atoms with Gasteiger partial charge in [-0.25, -0.2) is 0 Å². The first kappa shape index (κ1) is 11.3. The highest BCUT2D eigenvalue weighted by molar-refractivity contribution is 5.66. The molecule has 3 nitrogen and oxygen atoms in total. The Bertz CT molecular complexity index is 352. The monoisotopic (exact) mass is 220 g/mol. The van der Waals surface area contributed by atoms with E-state index in [9.17, 15) is 0 Å². The van der Waals surface area contributed by atoms with Gasteiger partial charge in [-0.3, -0.25) is 0 Å². The first-order valence-electron chi connectivity index (χ1n) is 6.03. The highest BCUT2D eigenvalue weighted by Gasteiger charge is 2.17. The van der Waals surface area contributed by atoms with E-state index in [0.29, 0.717) is 0 Å². The van der Waals surface area contributed by atoms with E-state index >= 15 is 0 Å². The second-order valence-corrected chi connectivity index (χ2v) is 4.13. The van der Waals surface area contributed by atoms with Crippen molar-refractivity contribution < 1.29 is 4.74 Å². The third-order valence-corrected chi connectivity index (χ3v) is 3.09. The molecule has 3 heteroatoms. The molecule has 1 aliphatic heterocycles. The van der Waals surface area contributed by atoms with Crippen LogP contribution in [0.3, 0.4) is 0 Å². The van der Waals surface area contributed by atoms with Gasteiger partial charge in [0.05, 0.1) is 6.61 Å². The summed E-state index contributed by atoms with van der Waals surface area (Å²) < 4.78 is 5.41. The van der Waals surface area contributed by atoms with E-state index in [1.807, 2.05) is 19.1 Å². The zero-order valence-electron chi connectivity index (χ0n) is 9.91. The minimum atomic E-state index is 0.789. The molecule has 1 aromatic carbocycles. The summed E-state index contributed by atoms with van der Waals surface area (Å²) in [4.78, 5) is 2.38. The Morgan fingerprint density at radius 1 is 1.44 bits per heavy atom. The maximum absolute atomic E-state index is 6.00. The molecule has 0 saturated carbocycles. The molecule has 1 heterocycles. The average Bonchev–Trinajstić information content (AvgIpc) is 2.31. The van der Waals surface area contributed by atoms with Crippen LogP contribution in [0.25, 0.3) is 0 Å². The molecule has 0 bridgehead atoms. The van der Waals surface area contributed by atoms with E-state index in [1.54, 1.807) is 0 Å². The average molecular weight is 220 g/mol. The van der Waals surface area contributed by atoms with Crippen molar-refractivity contribution in [3.05, 3.63) is 23.8 Å². The molecule has 0 unspecified atom stereocenters. The Balaban J connectivity index is 2.10. The van der Waals surface area contributed by atoms with Crippen LogP contribution < -0.4 is 10.6 Å². The fourth-order valence-corrected chi connectivity index (χ4v) is 2.28. The van der Waals surface area contributed by atoms with Crippen molar-refractivity contribution >= 4 is 11.4 Å². The molecule has 0 aromatic heterocycles. The van der Waals surface area contributed by atoms with Crippen LogP contribution >= 0.6 is 0 Å². The van der Waals surface area contributed by atoms with Crippen molar-refractivity contribution in [2.45, 2.75) is 19.8 Å². The van der Waals surface area contributed by atoms with Crippen LogP contribution in [0.15, 0.2) is 18.2 Å². The fraction of sp³-hybridized carbons (Fsp3) is 0.538. The molecule has 0 radical (unpaired) electrons. The topological polar surface area (TPSA) is 38.5 Å². The van der Waals surface area contributed by atoms with Gasteiger partial charge >= 0.3 is 0 Å². The summed E-state index contributed by atoms with van der Waals surface area (Å²) >= 11 is 0. The van der Waals surface area contributed by atoms with Gasteiger partial charge in [-0.1, -0.05) is 6.07 Å². The van der Waals surface area contributed by atoms with Crippen molar-refractivity contribution in [1.29, 1.82) is 0 Å². The summed E-state index contributed by atoms with van der Waals surface area (Å²) in [6.45, 7) is 5.69. The molecule has 0 atom stereocenters. The Labute approximate surface area is 97.2 Å². The summed E-state index contributed by atoms with van der Waals surface area (Å²) in [6.07, 6.45) is 2.29. The molecule has 0 fully saturated rings. The van der Waals surface area contributed by atoms with Crippen LogP contribution in [0, 0.1) is 0 Å². The van der Waals surface area contributed by atoms with Crippen molar-refractivity contribution in [3.63, 3.8) is 0 Å². The standard InChI is InChI=1S/C13H20N2O/c1-2-16-10-9-15-8-4-5-11-12(14)6-3-7-13(11)15/h3,6-7H,2,4-5,8-10,14H2,1H3. The third kappa shape index (κ3) is 2.30. The van der Waals surface area contributed by atoms with Crippen molar-refractivity contribution in [1.82, 2.24) is 0 Å². The summed E-state index contributed by atoms with van der Waals surface area (Å²) in [5.41, 5.74) is 9.54. The van der Waals surface area contributed by atoms with Gasteiger partial charge in [-0.2, -0.15) is 0 Å². The summed E-state index contributed by atoms with van der Waals surface area (Å²) in [6, 6.07) is 6.19. The lowest BCUT2D eigenvalue weighted by atomic mass is 10.00. The van der Waals surface area contributed by atoms with Gasteiger partial charge < -0.3 is 15.4 Å². The van der Waals surface area contributed by atoms with E-state index in [-0.39, 0.29) is 0 Å². The van der Waals surface area contributed by atoms with E-state index in [2.05, 4.69) is 11.0 Å². The van der Waals surface area contributed by atoms with Crippen LogP contribution in [-0.2, 0) is 11.2 Å². The number of hydrogen-bond acceptors (Lipinski definition) is 3. The minimum Gasteiger partial charge on any atom is -0.398 e. The Morgan fingerprint density at radius 2 is 2.31 bits per heavy atom. The van der Waals surface area contributed by atoms with E-state index in [1.165, 1.54) is 17.7 Å². The van der Waals surface area contributed by atoms with Crippen LogP contribution in [0.5, 0.6) is 0 Å². The molecule has 0 saturated heterocycles. The normalized spacial score (nSPS) is 14.9. The van der Waals surface area contributed by atoms with Crippen molar-refractivity contribution in [2.75, 3.05) is 36.9 Å². The number of fused-ring (bicyclic) bond motifs is 1. The molecule has 2 N–H and O–H groups in total. The van der Waals surface area contributed by atoms with Crippen LogP contribution in [0.2, 0.25) is 0 Å². The van der Waals surface area contributed by atoms with Crippen molar-refractivity contribution in [3.8, 4) is 0 Å². The largest absolute Gasteiger partial charge is 0.398 e. The number of nitrogens with zero attached hydrogens (tertiary/aromatic N) is 1. The van der Waals surface area contributed by atoms with Gasteiger partial charge in [0.2, 0.25) is 0 Å². The lowest BCUT2D eigenvalue weighted by molar-refractivity contribution is 0.153. The Hall–Kier alpha value is -1.22. The quantitative estimate of drug-likeness (QED) is 0.623. The molecule has 88 valence electrons. The number of benzene rings is 1. The molecule has 1 aromatic rings. The number of nitrogen functional groups attached to an aromatic ring is 1. The van der Waals surface area contributed by atoms with Crippen molar-refractivity contribution in [2.24, 2.45) is 0 Å². The maximum atomic E-state index is 6.00. The van der Waals surface area contributed by atoms with E-state index < -0.39 is 0 Å². The van der Waals surface area contributed by atoms with Gasteiger partial charge in [0.25, 0.3) is 0 Å². The van der Waals surface area contributed by atoms with E-state index in [4.69, 9.17) is 10.5 Å². The summed E-state index contributed by atoms with van der Waals surface area (Å²) in [7, 11) is 0. The molecular weight excluding hydrogens is 200 g/mol. The predicted octanol–water partition coefficient (Wildman–Crippen LogP) is 2.06. The molecule has 16 heavy (non-hydrogen) atoms. The van der Waals surface area contributed by atoms with Crippen LogP contribution in [0.4, 0.5) is 11.4 Å². The second kappa shape index (κ2) is 5.21. The fourth-order valence-electron chi connectivity index (χ4n) is 2.28. The highest BCUT2D eigenvalue weighted by Crippen LogP contribution is 2.30. The SMILES string of the molecule is CCOCCN1CCCc2c(N)cccc21. The second-order valence-electron chi connectivity index (χ2n) is 4.13. The Kier molecular flexibility index (Phi) is 3.67.